The topological polar surface area (TPSA) is 102 Å². The van der Waals surface area contributed by atoms with E-state index in [4.69, 9.17) is 9.47 Å². The Hall–Kier alpha value is -3.07. The molecular formula is C21H22N2O6S. The number of anilines is 1. The summed E-state index contributed by atoms with van der Waals surface area (Å²) >= 11 is 0. The van der Waals surface area contributed by atoms with Crippen LogP contribution in [0.2, 0.25) is 0 Å². The van der Waals surface area contributed by atoms with Crippen molar-refractivity contribution >= 4 is 27.4 Å². The number of hydrogen-bond donors (Lipinski definition) is 1. The van der Waals surface area contributed by atoms with Gasteiger partial charge in [0.25, 0.3) is 15.9 Å². The third-order valence-corrected chi connectivity index (χ3v) is 6.50. The number of carbonyl (C=O) groups excluding carboxylic acids is 2. The van der Waals surface area contributed by atoms with Crippen molar-refractivity contribution in [1.29, 1.82) is 0 Å². The van der Waals surface area contributed by atoms with Crippen molar-refractivity contribution in [2.45, 2.75) is 30.8 Å². The van der Waals surface area contributed by atoms with Crippen molar-refractivity contribution in [3.63, 3.8) is 0 Å². The number of ether oxygens (including phenoxy) is 2. The molecule has 0 aliphatic carbocycles. The van der Waals surface area contributed by atoms with Gasteiger partial charge in [0.05, 0.1) is 4.90 Å². The molecule has 2 aliphatic rings. The molecule has 4 rings (SSSR count). The Labute approximate surface area is 174 Å². The van der Waals surface area contributed by atoms with Gasteiger partial charge in [-0.3, -0.25) is 14.3 Å². The van der Waals surface area contributed by atoms with E-state index < -0.39 is 16.1 Å². The molecule has 8 nitrogen and oxygen atoms in total. The van der Waals surface area contributed by atoms with Crippen LogP contribution in [0.3, 0.4) is 0 Å². The van der Waals surface area contributed by atoms with Crippen molar-refractivity contribution in [1.82, 2.24) is 4.90 Å². The number of rotatable bonds is 5. The monoisotopic (exact) mass is 430 g/mol. The minimum atomic E-state index is -3.87. The van der Waals surface area contributed by atoms with Crippen LogP contribution < -0.4 is 14.2 Å². The van der Waals surface area contributed by atoms with E-state index in [1.165, 1.54) is 37.3 Å². The molecule has 0 bridgehead atoms. The molecule has 2 aliphatic heterocycles. The van der Waals surface area contributed by atoms with E-state index in [1.807, 2.05) is 0 Å². The zero-order valence-corrected chi connectivity index (χ0v) is 17.3. The van der Waals surface area contributed by atoms with Crippen LogP contribution in [0.5, 0.6) is 11.5 Å². The zero-order valence-electron chi connectivity index (χ0n) is 16.5. The minimum Gasteiger partial charge on any atom is -0.485 e. The molecular weight excluding hydrogens is 408 g/mol. The number of carbonyl (C=O) groups is 2. The number of Topliss-reactive ketones (excluding diaryl/α,β-unsaturated/α-hetero) is 1. The summed E-state index contributed by atoms with van der Waals surface area (Å²) in [5, 5.41) is 0. The summed E-state index contributed by atoms with van der Waals surface area (Å²) in [4.78, 5) is 25.6. The lowest BCUT2D eigenvalue weighted by Crippen LogP contribution is -2.45. The van der Waals surface area contributed by atoms with Crippen LogP contribution in [0.4, 0.5) is 5.69 Å². The summed E-state index contributed by atoms with van der Waals surface area (Å²) in [6, 6.07) is 10.4. The van der Waals surface area contributed by atoms with Gasteiger partial charge >= 0.3 is 0 Å². The molecule has 0 radical (unpaired) electrons. The standard InChI is InChI=1S/C21H22N2O6S/c1-14(24)15-4-6-16(7-5-15)22-30(26,27)17-8-9-18-19(12-17)28-13-20(29-18)21(25)23-10-2-3-11-23/h4-9,12,20,22H,2-3,10-11,13H2,1H3. The summed E-state index contributed by atoms with van der Waals surface area (Å²) in [7, 11) is -3.87. The fourth-order valence-electron chi connectivity index (χ4n) is 3.47. The van der Waals surface area contributed by atoms with Gasteiger partial charge in [-0.25, -0.2) is 8.42 Å². The Morgan fingerprint density at radius 3 is 2.40 bits per heavy atom. The van der Waals surface area contributed by atoms with Gasteiger partial charge in [0, 0.05) is 30.4 Å². The predicted octanol–water partition coefficient (Wildman–Crippen LogP) is 2.45. The molecule has 9 heteroatoms. The van der Waals surface area contributed by atoms with Crippen molar-refractivity contribution in [3.8, 4) is 11.5 Å². The summed E-state index contributed by atoms with van der Waals surface area (Å²) in [6.45, 7) is 2.92. The van der Waals surface area contributed by atoms with Crippen molar-refractivity contribution in [2.24, 2.45) is 0 Å². The van der Waals surface area contributed by atoms with Gasteiger partial charge in [-0.2, -0.15) is 0 Å². The van der Waals surface area contributed by atoms with E-state index in [-0.39, 0.29) is 28.9 Å². The molecule has 0 spiro atoms. The van der Waals surface area contributed by atoms with Crippen LogP contribution in [-0.4, -0.2) is 50.8 Å². The van der Waals surface area contributed by atoms with E-state index in [0.717, 1.165) is 25.9 Å². The Morgan fingerprint density at radius 1 is 1.03 bits per heavy atom. The van der Waals surface area contributed by atoms with Gasteiger partial charge < -0.3 is 14.4 Å². The van der Waals surface area contributed by atoms with E-state index in [2.05, 4.69) is 4.72 Å². The number of amides is 1. The largest absolute Gasteiger partial charge is 0.485 e. The highest BCUT2D eigenvalue weighted by Gasteiger charge is 2.33. The number of likely N-dealkylation sites (tertiary alicyclic amines) is 1. The Kier molecular flexibility index (Phi) is 5.38. The number of ketones is 1. The molecule has 1 fully saturated rings. The third-order valence-electron chi connectivity index (χ3n) is 5.12. The number of hydrogen-bond acceptors (Lipinski definition) is 6. The first-order chi connectivity index (χ1) is 14.3. The van der Waals surface area contributed by atoms with Gasteiger partial charge in [0.15, 0.2) is 17.3 Å². The highest BCUT2D eigenvalue weighted by molar-refractivity contribution is 7.92. The summed E-state index contributed by atoms with van der Waals surface area (Å²) < 4.78 is 39.3. The fourth-order valence-corrected chi connectivity index (χ4v) is 4.54. The van der Waals surface area contributed by atoms with E-state index in [9.17, 15) is 18.0 Å². The molecule has 1 saturated heterocycles. The number of nitrogens with zero attached hydrogens (tertiary/aromatic N) is 1. The van der Waals surface area contributed by atoms with Crippen molar-refractivity contribution in [3.05, 3.63) is 48.0 Å². The molecule has 1 N–H and O–H groups in total. The first kappa shape index (κ1) is 20.2. The lowest BCUT2D eigenvalue weighted by molar-refractivity contribution is -0.140. The molecule has 158 valence electrons. The van der Waals surface area contributed by atoms with Gasteiger partial charge in [-0.1, -0.05) is 0 Å². The molecule has 1 unspecified atom stereocenters. The molecule has 30 heavy (non-hydrogen) atoms. The summed E-state index contributed by atoms with van der Waals surface area (Å²) in [5.74, 6) is 0.405. The molecule has 1 atom stereocenters. The molecule has 2 aromatic rings. The normalized spacial score (nSPS) is 18.2. The number of nitrogens with one attached hydrogen (secondary N) is 1. The molecule has 1 amide bonds. The lowest BCUT2D eigenvalue weighted by Gasteiger charge is -2.28. The fraction of sp³-hybridized carbons (Fsp3) is 0.333. The van der Waals surface area contributed by atoms with Gasteiger partial charge in [0.1, 0.15) is 6.61 Å². The average Bonchev–Trinajstić information content (AvgIpc) is 3.27. The third kappa shape index (κ3) is 4.11. The SMILES string of the molecule is CC(=O)c1ccc(NS(=O)(=O)c2ccc3c(c2)OCC(C(=O)N2CCCC2)O3)cc1. The van der Waals surface area contributed by atoms with Crippen LogP contribution in [0.15, 0.2) is 47.4 Å². The van der Waals surface area contributed by atoms with Crippen molar-refractivity contribution < 1.29 is 27.5 Å². The van der Waals surface area contributed by atoms with Gasteiger partial charge in [-0.15, -0.1) is 0 Å². The Balaban J connectivity index is 1.48. The summed E-state index contributed by atoms with van der Waals surface area (Å²) in [6.07, 6.45) is 1.25. The first-order valence-electron chi connectivity index (χ1n) is 9.69. The average molecular weight is 430 g/mol. The van der Waals surface area contributed by atoms with Crippen LogP contribution >= 0.6 is 0 Å². The Morgan fingerprint density at radius 2 is 1.73 bits per heavy atom. The smallest absolute Gasteiger partial charge is 0.267 e. The first-order valence-corrected chi connectivity index (χ1v) is 11.2. The highest BCUT2D eigenvalue weighted by Crippen LogP contribution is 2.35. The minimum absolute atomic E-state index is 0.00446. The molecule has 2 aromatic carbocycles. The maximum absolute atomic E-state index is 12.7. The molecule has 2 heterocycles. The van der Waals surface area contributed by atoms with E-state index in [0.29, 0.717) is 17.0 Å². The predicted molar refractivity (Wildman–Crippen MR) is 109 cm³/mol. The Bertz CT molecular complexity index is 1080. The second kappa shape index (κ2) is 7.98. The van der Waals surface area contributed by atoms with Crippen LogP contribution in [-0.2, 0) is 14.8 Å². The van der Waals surface area contributed by atoms with Gasteiger partial charge in [0.2, 0.25) is 6.10 Å². The van der Waals surface area contributed by atoms with Crippen LogP contribution in [0.1, 0.15) is 30.1 Å². The number of sulfonamides is 1. The molecule has 0 saturated carbocycles. The molecule has 0 aromatic heterocycles. The summed E-state index contributed by atoms with van der Waals surface area (Å²) in [5.41, 5.74) is 0.835. The van der Waals surface area contributed by atoms with E-state index in [1.54, 1.807) is 17.0 Å². The second-order valence-electron chi connectivity index (χ2n) is 7.30. The second-order valence-corrected chi connectivity index (χ2v) is 8.98. The lowest BCUT2D eigenvalue weighted by atomic mass is 10.1. The van der Waals surface area contributed by atoms with Crippen LogP contribution in [0.25, 0.3) is 0 Å². The maximum atomic E-state index is 12.7. The number of fused-ring (bicyclic) bond motifs is 1. The maximum Gasteiger partial charge on any atom is 0.267 e. The van der Waals surface area contributed by atoms with Crippen LogP contribution in [0, 0.1) is 0 Å². The highest BCUT2D eigenvalue weighted by atomic mass is 32.2. The van der Waals surface area contributed by atoms with Gasteiger partial charge in [-0.05, 0) is 56.2 Å². The van der Waals surface area contributed by atoms with Crippen molar-refractivity contribution in [2.75, 3.05) is 24.4 Å². The number of benzene rings is 2. The quantitative estimate of drug-likeness (QED) is 0.731. The van der Waals surface area contributed by atoms with E-state index >= 15 is 0 Å². The zero-order chi connectivity index (χ0) is 21.3.